The summed E-state index contributed by atoms with van der Waals surface area (Å²) >= 11 is 0. The zero-order chi connectivity index (χ0) is 22.2. The Morgan fingerprint density at radius 2 is 1.68 bits per heavy atom. The Labute approximate surface area is 180 Å². The zero-order valence-corrected chi connectivity index (χ0v) is 17.6. The van der Waals surface area contributed by atoms with Crippen LogP contribution in [-0.4, -0.2) is 81.1 Å². The van der Waals surface area contributed by atoms with Gasteiger partial charge in [0.25, 0.3) is 12.4 Å². The van der Waals surface area contributed by atoms with Crippen molar-refractivity contribution in [1.29, 1.82) is 0 Å². The third-order valence-corrected chi connectivity index (χ3v) is 5.37. The van der Waals surface area contributed by atoms with E-state index in [2.05, 4.69) is 39.6 Å². The number of rotatable bonds is 4. The number of carbonyl (C=O) groups excluding carboxylic acids is 1. The third kappa shape index (κ3) is 5.52. The van der Waals surface area contributed by atoms with Crippen molar-refractivity contribution in [1.82, 2.24) is 30.4 Å². The summed E-state index contributed by atoms with van der Waals surface area (Å²) in [4.78, 5) is 25.4. The maximum absolute atomic E-state index is 12.9. The molecule has 31 heavy (non-hydrogen) atoms. The molecule has 162 valence electrons. The molecule has 1 atom stereocenters. The minimum atomic E-state index is -0.250. The first-order valence-corrected chi connectivity index (χ1v) is 10.0. The first kappa shape index (κ1) is 22.1. The largest absolute Gasteiger partial charge is 0.483 e. The van der Waals surface area contributed by atoms with Crippen molar-refractivity contribution in [2.75, 3.05) is 27.2 Å². The van der Waals surface area contributed by atoms with Crippen LogP contribution in [0.3, 0.4) is 0 Å². The minimum absolute atomic E-state index is 0.116. The molecule has 1 aromatic heterocycles. The lowest BCUT2D eigenvalue weighted by molar-refractivity contribution is -0.122. The van der Waals surface area contributed by atoms with Crippen molar-refractivity contribution in [3.63, 3.8) is 0 Å². The average molecular weight is 422 g/mol. The lowest BCUT2D eigenvalue weighted by atomic mass is 10.0. The molecular weight excluding hydrogens is 396 g/mol. The Bertz CT molecular complexity index is 971. The molecule has 1 aliphatic rings. The number of H-pyrrole nitrogens is 1. The maximum atomic E-state index is 12.9. The predicted octanol–water partition coefficient (Wildman–Crippen LogP) is 2.40. The van der Waals surface area contributed by atoms with Crippen LogP contribution in [0.4, 0.5) is 0 Å². The number of hydrogen-bond donors (Lipinski definition) is 2. The molecule has 0 spiro atoms. The van der Waals surface area contributed by atoms with Gasteiger partial charge in [0.05, 0.1) is 0 Å². The number of hydrogen-bond acceptors (Lipinski definition) is 6. The highest BCUT2D eigenvalue weighted by Gasteiger charge is 2.25. The molecule has 4 rings (SSSR count). The van der Waals surface area contributed by atoms with Crippen LogP contribution in [0.1, 0.15) is 23.2 Å². The second-order valence-corrected chi connectivity index (χ2v) is 7.51. The van der Waals surface area contributed by atoms with Gasteiger partial charge >= 0.3 is 0 Å². The van der Waals surface area contributed by atoms with Gasteiger partial charge < -0.3 is 14.9 Å². The van der Waals surface area contributed by atoms with Gasteiger partial charge in [0.1, 0.15) is 0 Å². The van der Waals surface area contributed by atoms with Gasteiger partial charge in [-0.3, -0.25) is 9.59 Å². The fourth-order valence-electron chi connectivity index (χ4n) is 3.64. The Hall–Kier alpha value is -3.59. The summed E-state index contributed by atoms with van der Waals surface area (Å²) in [6.07, 6.45) is 2.20. The Morgan fingerprint density at radius 3 is 2.23 bits per heavy atom. The van der Waals surface area contributed by atoms with E-state index in [1.165, 1.54) is 0 Å². The molecule has 1 saturated heterocycles. The molecule has 9 nitrogen and oxygen atoms in total. The van der Waals surface area contributed by atoms with E-state index in [-0.39, 0.29) is 12.4 Å². The number of likely N-dealkylation sites (tertiary alicyclic amines) is 1. The van der Waals surface area contributed by atoms with Crippen LogP contribution in [0.15, 0.2) is 48.5 Å². The molecule has 0 bridgehead atoms. The molecule has 2 N–H and O–H groups in total. The number of aromatic nitrogens is 4. The van der Waals surface area contributed by atoms with Gasteiger partial charge in [-0.25, -0.2) is 0 Å². The van der Waals surface area contributed by atoms with E-state index in [1.54, 1.807) is 0 Å². The third-order valence-electron chi connectivity index (χ3n) is 5.37. The number of nitrogens with zero attached hydrogens (tertiary/aromatic N) is 5. The molecule has 3 aromatic rings. The fourth-order valence-corrected chi connectivity index (χ4v) is 3.64. The minimum Gasteiger partial charge on any atom is -0.483 e. The summed E-state index contributed by atoms with van der Waals surface area (Å²) in [5.41, 5.74) is 3.80. The van der Waals surface area contributed by atoms with Gasteiger partial charge in [-0.05, 0) is 55.4 Å². The van der Waals surface area contributed by atoms with E-state index in [1.807, 2.05) is 53.4 Å². The van der Waals surface area contributed by atoms with Gasteiger partial charge in [0, 0.05) is 30.3 Å². The Morgan fingerprint density at radius 1 is 1.10 bits per heavy atom. The number of tetrazole rings is 1. The molecule has 1 unspecified atom stereocenters. The normalized spacial score (nSPS) is 15.8. The number of piperidine rings is 1. The number of nitrogens with one attached hydrogen (secondary N) is 1. The second-order valence-electron chi connectivity index (χ2n) is 7.51. The summed E-state index contributed by atoms with van der Waals surface area (Å²) in [5.74, 6) is 0.690. The maximum Gasteiger partial charge on any atom is 0.290 e. The molecule has 1 amide bonds. The molecule has 0 saturated carbocycles. The quantitative estimate of drug-likeness (QED) is 0.620. The van der Waals surface area contributed by atoms with Crippen LogP contribution in [0.5, 0.6) is 0 Å². The molecule has 0 radical (unpaired) electrons. The van der Waals surface area contributed by atoms with Crippen LogP contribution >= 0.6 is 0 Å². The predicted molar refractivity (Wildman–Crippen MR) is 116 cm³/mol. The van der Waals surface area contributed by atoms with Crippen LogP contribution < -0.4 is 0 Å². The average Bonchev–Trinajstić information content (AvgIpc) is 3.34. The molecule has 1 fully saturated rings. The summed E-state index contributed by atoms with van der Waals surface area (Å²) in [6.45, 7) is 1.38. The van der Waals surface area contributed by atoms with Crippen molar-refractivity contribution in [3.8, 4) is 22.5 Å². The van der Waals surface area contributed by atoms with Crippen molar-refractivity contribution >= 4 is 12.4 Å². The number of carboxylic acid groups (broad SMARTS) is 1. The van der Waals surface area contributed by atoms with E-state index in [0.29, 0.717) is 11.9 Å². The SMILES string of the molecule is CN(C)C1CCCN(C(=O)c2ccc(-c3ccc(-c4nn[nH]n4)cc3)cc2)C1.O=CO. The smallest absolute Gasteiger partial charge is 0.290 e. The summed E-state index contributed by atoms with van der Waals surface area (Å²) in [5, 5.41) is 20.9. The molecule has 9 heteroatoms. The standard InChI is InChI=1S/C21H24N6O.CH2O2/c1-26(2)19-4-3-13-27(14-19)21(28)18-11-7-16(8-12-18)15-5-9-17(10-6-15)20-22-24-25-23-20;2-1-3/h5-12,19H,3-4,13-14H2,1-2H3,(H,22,23,24,25);1H,(H,2,3). The number of benzene rings is 2. The van der Waals surface area contributed by atoms with Gasteiger partial charge in [-0.15, -0.1) is 10.2 Å². The van der Waals surface area contributed by atoms with Crippen molar-refractivity contribution in [2.24, 2.45) is 0 Å². The fraction of sp³-hybridized carbons (Fsp3) is 0.318. The van der Waals surface area contributed by atoms with E-state index < -0.39 is 0 Å². The molecule has 0 aliphatic carbocycles. The summed E-state index contributed by atoms with van der Waals surface area (Å²) in [7, 11) is 4.16. The zero-order valence-electron chi connectivity index (χ0n) is 17.6. The molecule has 1 aliphatic heterocycles. The highest BCUT2D eigenvalue weighted by molar-refractivity contribution is 5.94. The van der Waals surface area contributed by atoms with E-state index in [9.17, 15) is 4.79 Å². The first-order valence-electron chi connectivity index (χ1n) is 10.0. The number of amides is 1. The molecule has 2 heterocycles. The van der Waals surface area contributed by atoms with Crippen LogP contribution in [0.2, 0.25) is 0 Å². The van der Waals surface area contributed by atoms with Crippen LogP contribution in [0, 0.1) is 0 Å². The van der Waals surface area contributed by atoms with Crippen LogP contribution in [0.25, 0.3) is 22.5 Å². The lowest BCUT2D eigenvalue weighted by Crippen LogP contribution is -2.47. The highest BCUT2D eigenvalue weighted by atomic mass is 16.3. The van der Waals surface area contributed by atoms with E-state index >= 15 is 0 Å². The van der Waals surface area contributed by atoms with E-state index in [4.69, 9.17) is 9.90 Å². The van der Waals surface area contributed by atoms with Crippen LogP contribution in [-0.2, 0) is 4.79 Å². The number of carbonyl (C=O) groups is 2. The highest BCUT2D eigenvalue weighted by Crippen LogP contribution is 2.24. The molecule has 2 aromatic carbocycles. The van der Waals surface area contributed by atoms with Gasteiger partial charge in [0.2, 0.25) is 5.82 Å². The van der Waals surface area contributed by atoms with Gasteiger partial charge in [-0.2, -0.15) is 5.21 Å². The lowest BCUT2D eigenvalue weighted by Gasteiger charge is -2.36. The first-order chi connectivity index (χ1) is 15.0. The summed E-state index contributed by atoms with van der Waals surface area (Å²) in [6, 6.07) is 16.3. The van der Waals surface area contributed by atoms with Crippen molar-refractivity contribution in [3.05, 3.63) is 54.1 Å². The number of likely N-dealkylation sites (N-methyl/N-ethyl adjacent to an activating group) is 1. The Balaban J connectivity index is 0.000000858. The topological polar surface area (TPSA) is 115 Å². The monoisotopic (exact) mass is 422 g/mol. The second kappa shape index (κ2) is 10.4. The van der Waals surface area contributed by atoms with Crippen molar-refractivity contribution in [2.45, 2.75) is 18.9 Å². The van der Waals surface area contributed by atoms with Gasteiger partial charge in [-0.1, -0.05) is 36.4 Å². The summed E-state index contributed by atoms with van der Waals surface area (Å²) < 4.78 is 0. The van der Waals surface area contributed by atoms with Crippen molar-refractivity contribution < 1.29 is 14.7 Å². The molecular formula is C22H26N6O3. The van der Waals surface area contributed by atoms with E-state index in [0.717, 1.165) is 48.2 Å². The van der Waals surface area contributed by atoms with Gasteiger partial charge in [0.15, 0.2) is 0 Å². The Kier molecular flexibility index (Phi) is 7.45. The number of aromatic amines is 1.